The van der Waals surface area contributed by atoms with E-state index in [1.807, 2.05) is 0 Å². The van der Waals surface area contributed by atoms with Gasteiger partial charge in [-0.2, -0.15) is 6.42 Å². The Kier molecular flexibility index (Phi) is 7.53. The summed E-state index contributed by atoms with van der Waals surface area (Å²) in [6, 6.07) is 11.0. The van der Waals surface area contributed by atoms with Crippen LogP contribution in [0.2, 0.25) is 0 Å². The molecule has 0 radical (unpaired) electrons. The summed E-state index contributed by atoms with van der Waals surface area (Å²) in [5, 5.41) is 1.56. The Labute approximate surface area is 106 Å². The summed E-state index contributed by atoms with van der Waals surface area (Å²) < 4.78 is 0. The van der Waals surface area contributed by atoms with Crippen molar-refractivity contribution >= 4 is 13.2 Å². The third kappa shape index (κ3) is 3.91. The molecule has 1 aromatic rings. The van der Waals surface area contributed by atoms with Gasteiger partial charge in [-0.3, -0.25) is 0 Å². The van der Waals surface area contributed by atoms with E-state index in [4.69, 9.17) is 0 Å². The third-order valence-corrected chi connectivity index (χ3v) is 5.38. The SMILES string of the molecule is CP(c1ccccc1)C1[CH-]CCC1.[CH3-].[Fe+2]. The third-order valence-electron chi connectivity index (χ3n) is 2.80. The summed E-state index contributed by atoms with van der Waals surface area (Å²) in [5.41, 5.74) is 0.886. The van der Waals surface area contributed by atoms with E-state index < -0.39 is 0 Å². The Bertz CT molecular complexity index is 254. The van der Waals surface area contributed by atoms with Gasteiger partial charge in [-0.25, -0.2) is 0 Å². The maximum absolute atomic E-state index is 2.53. The second-order valence-corrected chi connectivity index (χ2v) is 6.08. The summed E-state index contributed by atoms with van der Waals surface area (Å²) in [7, 11) is 0.0676. The molecule has 1 aromatic carbocycles. The Morgan fingerprint density at radius 2 is 1.93 bits per heavy atom. The monoisotopic (exact) mass is 262 g/mol. The normalized spacial score (nSPS) is 21.3. The maximum Gasteiger partial charge on any atom is 2.00 e. The molecule has 2 rings (SSSR count). The fourth-order valence-electron chi connectivity index (χ4n) is 1.96. The molecular weight excluding hydrogens is 243 g/mol. The van der Waals surface area contributed by atoms with Crippen LogP contribution in [0, 0.1) is 13.8 Å². The summed E-state index contributed by atoms with van der Waals surface area (Å²) >= 11 is 0. The smallest absolute Gasteiger partial charge is 0.358 e. The molecule has 15 heavy (non-hydrogen) atoms. The van der Waals surface area contributed by atoms with Gasteiger partial charge in [-0.1, -0.05) is 43.2 Å². The molecule has 0 amide bonds. The molecule has 2 atom stereocenters. The molecule has 2 heteroatoms. The van der Waals surface area contributed by atoms with Crippen LogP contribution in [0.1, 0.15) is 19.3 Å². The minimum absolute atomic E-state index is 0. The van der Waals surface area contributed by atoms with Gasteiger partial charge in [-0.05, 0) is 12.0 Å². The van der Waals surface area contributed by atoms with Crippen LogP contribution in [0.15, 0.2) is 30.3 Å². The molecule has 0 bridgehead atoms. The minimum atomic E-state index is 0. The van der Waals surface area contributed by atoms with Gasteiger partial charge >= 0.3 is 17.1 Å². The molecule has 0 aliphatic heterocycles. The molecule has 84 valence electrons. The van der Waals surface area contributed by atoms with E-state index in [0.717, 1.165) is 5.66 Å². The van der Waals surface area contributed by atoms with Gasteiger partial charge in [0, 0.05) is 0 Å². The summed E-state index contributed by atoms with van der Waals surface area (Å²) in [6.45, 7) is 2.41. The predicted octanol–water partition coefficient (Wildman–Crippen LogP) is 3.63. The van der Waals surface area contributed by atoms with Crippen LogP contribution in [0.5, 0.6) is 0 Å². The standard InChI is InChI=1S/C12H16P.CH3.Fe/c1-13(12-9-5-6-10-12)11-7-3-2-4-8-11;;/h2-4,7-9,12H,5-6,10H2,1H3;1H3;/q2*-1;+2. The molecule has 1 aliphatic rings. The maximum atomic E-state index is 2.53. The van der Waals surface area contributed by atoms with Crippen molar-refractivity contribution in [3.8, 4) is 0 Å². The summed E-state index contributed by atoms with van der Waals surface area (Å²) in [4.78, 5) is 0. The topological polar surface area (TPSA) is 0 Å². The van der Waals surface area contributed by atoms with Gasteiger partial charge in [0.2, 0.25) is 0 Å². The van der Waals surface area contributed by atoms with Crippen LogP contribution in [0.3, 0.4) is 0 Å². The Hall–Kier alpha value is 0.169. The van der Waals surface area contributed by atoms with Crippen molar-refractivity contribution in [1.29, 1.82) is 0 Å². The van der Waals surface area contributed by atoms with Crippen molar-refractivity contribution in [2.24, 2.45) is 0 Å². The Balaban J connectivity index is 0.000000980. The van der Waals surface area contributed by atoms with Crippen molar-refractivity contribution in [2.75, 3.05) is 6.66 Å². The second kappa shape index (κ2) is 7.44. The van der Waals surface area contributed by atoms with Crippen LogP contribution in [0.4, 0.5) is 0 Å². The van der Waals surface area contributed by atoms with E-state index in [9.17, 15) is 0 Å². The zero-order valence-corrected chi connectivity index (χ0v) is 11.5. The molecule has 0 N–H and O–H groups in total. The molecule has 0 nitrogen and oxygen atoms in total. The number of rotatable bonds is 2. The van der Waals surface area contributed by atoms with E-state index >= 15 is 0 Å². The average molecular weight is 262 g/mol. The molecule has 1 saturated carbocycles. The van der Waals surface area contributed by atoms with Gasteiger partial charge in [0.05, 0.1) is 0 Å². The van der Waals surface area contributed by atoms with Crippen molar-refractivity contribution in [3.63, 3.8) is 0 Å². The zero-order chi connectivity index (χ0) is 9.10. The molecule has 0 heterocycles. The van der Waals surface area contributed by atoms with Crippen LogP contribution >= 0.6 is 7.92 Å². The van der Waals surface area contributed by atoms with E-state index in [2.05, 4.69) is 43.4 Å². The number of hydrogen-bond acceptors (Lipinski definition) is 0. The number of benzene rings is 1. The van der Waals surface area contributed by atoms with Crippen molar-refractivity contribution in [2.45, 2.75) is 24.9 Å². The van der Waals surface area contributed by atoms with E-state index in [1.54, 1.807) is 5.30 Å². The zero-order valence-electron chi connectivity index (χ0n) is 9.46. The van der Waals surface area contributed by atoms with E-state index in [0.29, 0.717) is 0 Å². The van der Waals surface area contributed by atoms with Crippen molar-refractivity contribution in [3.05, 3.63) is 44.2 Å². The Morgan fingerprint density at radius 1 is 1.27 bits per heavy atom. The summed E-state index contributed by atoms with van der Waals surface area (Å²) in [6.07, 6.45) is 6.68. The molecule has 2 unspecified atom stereocenters. The molecular formula is C13H19FeP. The second-order valence-electron chi connectivity index (χ2n) is 3.68. The molecule has 0 spiro atoms. The van der Waals surface area contributed by atoms with Crippen molar-refractivity contribution in [1.82, 2.24) is 0 Å². The first-order valence-corrected chi connectivity index (χ1v) is 6.85. The summed E-state index contributed by atoms with van der Waals surface area (Å²) in [5.74, 6) is 0. The van der Waals surface area contributed by atoms with Crippen LogP contribution in [-0.2, 0) is 17.1 Å². The van der Waals surface area contributed by atoms with E-state index in [1.165, 1.54) is 19.3 Å². The first kappa shape index (κ1) is 15.2. The Morgan fingerprint density at radius 3 is 2.47 bits per heavy atom. The van der Waals surface area contributed by atoms with E-state index in [-0.39, 0.29) is 32.4 Å². The first-order chi connectivity index (χ1) is 6.38. The molecule has 1 fully saturated rings. The van der Waals surface area contributed by atoms with Crippen LogP contribution in [0.25, 0.3) is 0 Å². The van der Waals surface area contributed by atoms with Gasteiger partial charge in [-0.15, -0.1) is 13.6 Å². The fraction of sp³-hybridized carbons (Fsp3) is 0.385. The predicted molar refractivity (Wildman–Crippen MR) is 67.3 cm³/mol. The minimum Gasteiger partial charge on any atom is -0.358 e. The molecule has 1 aliphatic carbocycles. The quantitative estimate of drug-likeness (QED) is 0.433. The van der Waals surface area contributed by atoms with Gasteiger partial charge in [0.15, 0.2) is 0 Å². The van der Waals surface area contributed by atoms with Crippen LogP contribution < -0.4 is 5.30 Å². The largest absolute Gasteiger partial charge is 2.00 e. The first-order valence-electron chi connectivity index (χ1n) is 4.99. The van der Waals surface area contributed by atoms with Crippen LogP contribution in [-0.4, -0.2) is 12.3 Å². The van der Waals surface area contributed by atoms with Gasteiger partial charge < -0.3 is 13.8 Å². The molecule has 0 aromatic heterocycles. The van der Waals surface area contributed by atoms with Gasteiger partial charge in [0.1, 0.15) is 0 Å². The average Bonchev–Trinajstić information content (AvgIpc) is 2.71. The number of hydrogen-bond donors (Lipinski definition) is 0. The van der Waals surface area contributed by atoms with Gasteiger partial charge in [0.25, 0.3) is 0 Å². The molecule has 0 saturated heterocycles. The van der Waals surface area contributed by atoms with Crippen molar-refractivity contribution < 1.29 is 17.1 Å². The fourth-order valence-corrected chi connectivity index (χ4v) is 4.02.